The highest BCUT2D eigenvalue weighted by molar-refractivity contribution is 7.93. The molecule has 0 atom stereocenters. The van der Waals surface area contributed by atoms with Crippen molar-refractivity contribution in [2.24, 2.45) is 5.73 Å². The van der Waals surface area contributed by atoms with Crippen LogP contribution in [0.15, 0.2) is 41.9 Å². The van der Waals surface area contributed by atoms with Crippen LogP contribution in [-0.2, 0) is 20.4 Å². The van der Waals surface area contributed by atoms with Gasteiger partial charge in [-0.3, -0.25) is 4.72 Å². The second-order valence-corrected chi connectivity index (χ2v) is 12.0. The molecule has 0 unspecified atom stereocenters. The molecule has 36 heavy (non-hydrogen) atoms. The lowest BCUT2D eigenvalue weighted by Gasteiger charge is -2.34. The summed E-state index contributed by atoms with van der Waals surface area (Å²) >= 11 is 1.44. The Morgan fingerprint density at radius 2 is 1.92 bits per heavy atom. The van der Waals surface area contributed by atoms with Crippen molar-refractivity contribution in [3.63, 3.8) is 0 Å². The summed E-state index contributed by atoms with van der Waals surface area (Å²) in [6, 6.07) is 9.02. The Kier molecular flexibility index (Phi) is 6.60. The average molecular weight is 529 g/mol. The Morgan fingerprint density at radius 1 is 1.14 bits per heavy atom. The Bertz CT molecular complexity index is 1360. The Labute approximate surface area is 214 Å². The highest BCUT2D eigenvalue weighted by atomic mass is 32.2. The number of ether oxygens (including phenoxy) is 2. The Balaban J connectivity index is 1.55. The van der Waals surface area contributed by atoms with Gasteiger partial charge in [-0.15, -0.1) is 11.3 Å². The van der Waals surface area contributed by atoms with E-state index in [1.165, 1.54) is 11.3 Å². The van der Waals surface area contributed by atoms with Crippen molar-refractivity contribution in [2.75, 3.05) is 11.8 Å². The van der Waals surface area contributed by atoms with Crippen LogP contribution in [0.5, 0.6) is 5.88 Å². The van der Waals surface area contributed by atoms with E-state index in [0.29, 0.717) is 48.0 Å². The molecule has 2 aliphatic rings. The standard InChI is InChI=1S/C25H28N4O5S2/c1-33-22-10-5-16(14-27-22)20-13-17(29-36(31,32)18-7-8-18)6-9-19(20)21-15-35-23(28-21)25(34-24(26)30)11-3-2-4-12-25/h5-6,9-10,13-15,18,29H,2-4,7-8,11-12H2,1H3,(H2,26,30). The van der Waals surface area contributed by atoms with Crippen LogP contribution in [0.25, 0.3) is 22.4 Å². The van der Waals surface area contributed by atoms with Gasteiger partial charge in [-0.1, -0.05) is 12.5 Å². The third-order valence-electron chi connectivity index (χ3n) is 6.63. The fraction of sp³-hybridized carbons (Fsp3) is 0.400. The number of amides is 1. The summed E-state index contributed by atoms with van der Waals surface area (Å²) in [6.07, 6.45) is 6.55. The molecular weight excluding hydrogens is 500 g/mol. The summed E-state index contributed by atoms with van der Waals surface area (Å²) in [5, 5.41) is 2.31. The molecule has 2 aromatic heterocycles. The number of benzene rings is 1. The van der Waals surface area contributed by atoms with Crippen LogP contribution in [0.1, 0.15) is 50.0 Å². The van der Waals surface area contributed by atoms with Gasteiger partial charge in [-0.05, 0) is 62.3 Å². The van der Waals surface area contributed by atoms with Crippen molar-refractivity contribution >= 4 is 33.1 Å². The number of sulfonamides is 1. The minimum absolute atomic E-state index is 0.332. The maximum absolute atomic E-state index is 12.5. The zero-order valence-corrected chi connectivity index (χ0v) is 21.5. The molecule has 1 aromatic carbocycles. The largest absolute Gasteiger partial charge is 0.481 e. The number of hydrogen-bond donors (Lipinski definition) is 2. The van der Waals surface area contributed by atoms with Crippen molar-refractivity contribution in [3.8, 4) is 28.3 Å². The zero-order chi connectivity index (χ0) is 25.3. The van der Waals surface area contributed by atoms with E-state index in [4.69, 9.17) is 20.2 Å². The fourth-order valence-electron chi connectivity index (χ4n) is 4.64. The second kappa shape index (κ2) is 9.70. The van der Waals surface area contributed by atoms with Crippen molar-refractivity contribution < 1.29 is 22.7 Å². The number of rotatable bonds is 8. The molecule has 3 N–H and O–H groups in total. The molecular formula is C25H28N4O5S2. The van der Waals surface area contributed by atoms with Crippen LogP contribution in [0.4, 0.5) is 10.5 Å². The summed E-state index contributed by atoms with van der Waals surface area (Å²) < 4.78 is 38.6. The quantitative estimate of drug-likeness (QED) is 0.418. The predicted octanol–water partition coefficient (Wildman–Crippen LogP) is 5.04. The molecule has 2 fully saturated rings. The normalized spacial score (nSPS) is 17.4. The summed E-state index contributed by atoms with van der Waals surface area (Å²) in [5.74, 6) is 0.477. The molecule has 3 aromatic rings. The molecule has 0 bridgehead atoms. The van der Waals surface area contributed by atoms with Crippen LogP contribution in [0, 0.1) is 0 Å². The lowest BCUT2D eigenvalue weighted by Crippen LogP contribution is -2.36. The van der Waals surface area contributed by atoms with E-state index in [2.05, 4.69) is 9.71 Å². The molecule has 0 saturated heterocycles. The van der Waals surface area contributed by atoms with Gasteiger partial charge in [0.25, 0.3) is 0 Å². The van der Waals surface area contributed by atoms with Gasteiger partial charge in [-0.25, -0.2) is 23.2 Å². The molecule has 0 spiro atoms. The van der Waals surface area contributed by atoms with Crippen LogP contribution in [0.2, 0.25) is 0 Å². The van der Waals surface area contributed by atoms with Gasteiger partial charge < -0.3 is 15.2 Å². The molecule has 11 heteroatoms. The second-order valence-electron chi connectivity index (χ2n) is 9.21. The summed E-state index contributed by atoms with van der Waals surface area (Å²) in [7, 11) is -1.87. The number of nitrogens with zero attached hydrogens (tertiary/aromatic N) is 2. The van der Waals surface area contributed by atoms with Gasteiger partial charge in [0.2, 0.25) is 15.9 Å². The number of methoxy groups -OCH3 is 1. The molecule has 9 nitrogen and oxygen atoms in total. The van der Waals surface area contributed by atoms with Gasteiger partial charge in [0.1, 0.15) is 5.01 Å². The number of nitrogens with one attached hydrogen (secondary N) is 1. The molecule has 190 valence electrons. The number of primary amides is 1. The first-order valence-electron chi connectivity index (χ1n) is 11.9. The molecule has 5 rings (SSSR count). The maximum atomic E-state index is 12.5. The first kappa shape index (κ1) is 24.5. The third-order valence-corrected chi connectivity index (χ3v) is 9.52. The Hall–Kier alpha value is -3.18. The van der Waals surface area contributed by atoms with Crippen molar-refractivity contribution in [2.45, 2.75) is 55.8 Å². The van der Waals surface area contributed by atoms with E-state index in [-0.39, 0.29) is 5.25 Å². The monoisotopic (exact) mass is 528 g/mol. The van der Waals surface area contributed by atoms with E-state index < -0.39 is 21.7 Å². The number of thiazole rings is 1. The van der Waals surface area contributed by atoms with Crippen molar-refractivity contribution in [1.82, 2.24) is 9.97 Å². The smallest absolute Gasteiger partial charge is 0.405 e. The van der Waals surface area contributed by atoms with E-state index in [1.807, 2.05) is 17.5 Å². The molecule has 0 radical (unpaired) electrons. The molecule has 2 saturated carbocycles. The van der Waals surface area contributed by atoms with E-state index in [0.717, 1.165) is 36.0 Å². The molecule has 0 aliphatic heterocycles. The number of pyridine rings is 1. The van der Waals surface area contributed by atoms with Crippen molar-refractivity contribution in [3.05, 3.63) is 46.9 Å². The van der Waals surface area contributed by atoms with Crippen LogP contribution < -0.4 is 15.2 Å². The van der Waals surface area contributed by atoms with Crippen LogP contribution in [-0.4, -0.2) is 36.8 Å². The fourth-order valence-corrected chi connectivity index (χ4v) is 7.03. The van der Waals surface area contributed by atoms with Gasteiger partial charge in [0.05, 0.1) is 18.1 Å². The number of anilines is 1. The third kappa shape index (κ3) is 5.03. The number of carbonyl (C=O) groups excluding carboxylic acids is 1. The summed E-state index contributed by atoms with van der Waals surface area (Å²) in [6.45, 7) is 0. The number of nitrogens with two attached hydrogens (primary N) is 1. The molecule has 2 aliphatic carbocycles. The Morgan fingerprint density at radius 3 is 2.56 bits per heavy atom. The lowest BCUT2D eigenvalue weighted by atomic mass is 9.85. The van der Waals surface area contributed by atoms with Crippen LogP contribution in [0.3, 0.4) is 0 Å². The van der Waals surface area contributed by atoms with Crippen LogP contribution >= 0.6 is 11.3 Å². The SMILES string of the molecule is COc1ccc(-c2cc(NS(=O)(=O)C3CC3)ccc2-c2csc(C3(OC(N)=O)CCCCC3)n2)cn1. The predicted molar refractivity (Wildman–Crippen MR) is 138 cm³/mol. The first-order chi connectivity index (χ1) is 17.3. The minimum atomic E-state index is -3.42. The van der Waals surface area contributed by atoms with Gasteiger partial charge in [0.15, 0.2) is 5.60 Å². The number of carbonyl (C=O) groups is 1. The zero-order valence-electron chi connectivity index (χ0n) is 19.9. The van der Waals surface area contributed by atoms with E-state index in [1.54, 1.807) is 31.5 Å². The summed E-state index contributed by atoms with van der Waals surface area (Å²) in [5.41, 5.74) is 8.16. The highest BCUT2D eigenvalue weighted by Crippen LogP contribution is 2.44. The molecule has 1 amide bonds. The van der Waals surface area contributed by atoms with E-state index >= 15 is 0 Å². The van der Waals surface area contributed by atoms with Gasteiger partial charge in [0, 0.05) is 34.5 Å². The topological polar surface area (TPSA) is 134 Å². The van der Waals surface area contributed by atoms with E-state index in [9.17, 15) is 13.2 Å². The molecule has 2 heterocycles. The first-order valence-corrected chi connectivity index (χ1v) is 14.3. The number of hydrogen-bond acceptors (Lipinski definition) is 8. The van der Waals surface area contributed by atoms with Gasteiger partial charge >= 0.3 is 6.09 Å². The van der Waals surface area contributed by atoms with Crippen molar-refractivity contribution in [1.29, 1.82) is 0 Å². The lowest BCUT2D eigenvalue weighted by molar-refractivity contribution is -0.0166. The minimum Gasteiger partial charge on any atom is -0.481 e. The number of aromatic nitrogens is 2. The summed E-state index contributed by atoms with van der Waals surface area (Å²) in [4.78, 5) is 20.9. The average Bonchev–Trinajstić information content (AvgIpc) is 3.62. The highest BCUT2D eigenvalue weighted by Gasteiger charge is 2.40. The van der Waals surface area contributed by atoms with Gasteiger partial charge in [-0.2, -0.15) is 0 Å². The maximum Gasteiger partial charge on any atom is 0.405 e.